The molecule has 1 aliphatic heterocycles. The summed E-state index contributed by atoms with van der Waals surface area (Å²) in [5.41, 5.74) is 3.75. The highest BCUT2D eigenvalue weighted by molar-refractivity contribution is 5.52. The van der Waals surface area contributed by atoms with E-state index in [0.29, 0.717) is 5.92 Å². The van der Waals surface area contributed by atoms with Crippen molar-refractivity contribution in [3.63, 3.8) is 0 Å². The Kier molecular flexibility index (Phi) is 5.38. The van der Waals surface area contributed by atoms with Crippen LogP contribution in [0.5, 0.6) is 0 Å². The molecule has 20 heavy (non-hydrogen) atoms. The second-order valence-electron chi connectivity index (χ2n) is 6.01. The van der Waals surface area contributed by atoms with Gasteiger partial charge in [0.1, 0.15) is 5.82 Å². The van der Waals surface area contributed by atoms with Crippen molar-refractivity contribution >= 4 is 5.82 Å². The van der Waals surface area contributed by atoms with Gasteiger partial charge in [-0.25, -0.2) is 4.98 Å². The topological polar surface area (TPSA) is 37.4 Å². The molecule has 1 saturated heterocycles. The van der Waals surface area contributed by atoms with Crippen molar-refractivity contribution in [1.82, 2.24) is 10.3 Å². The second kappa shape index (κ2) is 7.04. The predicted octanol–water partition coefficient (Wildman–Crippen LogP) is 2.28. The fraction of sp³-hybridized carbons (Fsp3) is 0.688. The first kappa shape index (κ1) is 15.3. The molecule has 1 N–H and O–H groups in total. The Balaban J connectivity index is 2.18. The molecule has 0 bridgehead atoms. The zero-order chi connectivity index (χ0) is 14.5. The summed E-state index contributed by atoms with van der Waals surface area (Å²) >= 11 is 0. The summed E-state index contributed by atoms with van der Waals surface area (Å²) in [6.45, 7) is 14.1. The molecule has 1 aromatic heterocycles. The van der Waals surface area contributed by atoms with Crippen LogP contribution >= 0.6 is 0 Å². The molecule has 4 nitrogen and oxygen atoms in total. The van der Waals surface area contributed by atoms with E-state index in [0.717, 1.165) is 50.9 Å². The zero-order valence-electron chi connectivity index (χ0n) is 13.2. The lowest BCUT2D eigenvalue weighted by Crippen LogP contribution is -2.38. The third kappa shape index (κ3) is 3.93. The van der Waals surface area contributed by atoms with Crippen LogP contribution in [0, 0.1) is 19.8 Å². The van der Waals surface area contributed by atoms with Crippen LogP contribution in [0.2, 0.25) is 0 Å². The average molecular weight is 277 g/mol. The number of aromatic nitrogens is 1. The van der Waals surface area contributed by atoms with Gasteiger partial charge >= 0.3 is 0 Å². The molecule has 0 amide bonds. The number of morpholine rings is 1. The number of nitrogens with zero attached hydrogens (tertiary/aromatic N) is 2. The largest absolute Gasteiger partial charge is 0.378 e. The smallest absolute Gasteiger partial charge is 0.133 e. The van der Waals surface area contributed by atoms with Gasteiger partial charge in [0, 0.05) is 30.9 Å². The molecule has 2 heterocycles. The van der Waals surface area contributed by atoms with E-state index in [2.05, 4.69) is 44.0 Å². The van der Waals surface area contributed by atoms with Gasteiger partial charge in [0.2, 0.25) is 0 Å². The lowest BCUT2D eigenvalue weighted by molar-refractivity contribution is 0.122. The quantitative estimate of drug-likeness (QED) is 0.896. The summed E-state index contributed by atoms with van der Waals surface area (Å²) in [4.78, 5) is 7.14. The van der Waals surface area contributed by atoms with Gasteiger partial charge in [-0.2, -0.15) is 0 Å². The number of hydrogen-bond donors (Lipinski definition) is 1. The van der Waals surface area contributed by atoms with Crippen molar-refractivity contribution in [2.75, 3.05) is 37.7 Å². The zero-order valence-corrected chi connectivity index (χ0v) is 13.2. The Labute approximate surface area is 122 Å². The third-order valence-corrected chi connectivity index (χ3v) is 3.62. The molecule has 2 rings (SSSR count). The minimum absolute atomic E-state index is 0.667. The van der Waals surface area contributed by atoms with E-state index in [1.165, 1.54) is 11.1 Å². The molecule has 0 spiro atoms. The minimum Gasteiger partial charge on any atom is -0.378 e. The Morgan fingerprint density at radius 3 is 2.65 bits per heavy atom. The average Bonchev–Trinajstić information content (AvgIpc) is 2.41. The second-order valence-corrected chi connectivity index (χ2v) is 6.01. The predicted molar refractivity (Wildman–Crippen MR) is 83.3 cm³/mol. The summed E-state index contributed by atoms with van der Waals surface area (Å²) in [5, 5.41) is 3.54. The molecule has 0 atom stereocenters. The third-order valence-electron chi connectivity index (χ3n) is 3.62. The van der Waals surface area contributed by atoms with Crippen LogP contribution in [0.25, 0.3) is 0 Å². The number of rotatable bonds is 5. The van der Waals surface area contributed by atoms with E-state index in [9.17, 15) is 0 Å². The maximum atomic E-state index is 5.45. The van der Waals surface area contributed by atoms with Crippen molar-refractivity contribution in [3.8, 4) is 0 Å². The summed E-state index contributed by atoms with van der Waals surface area (Å²) in [7, 11) is 0. The molecule has 1 fully saturated rings. The number of hydrogen-bond acceptors (Lipinski definition) is 4. The summed E-state index contributed by atoms with van der Waals surface area (Å²) in [5.74, 6) is 1.81. The first-order chi connectivity index (χ1) is 9.58. The molecule has 0 unspecified atom stereocenters. The Bertz CT molecular complexity index is 440. The van der Waals surface area contributed by atoms with Crippen molar-refractivity contribution in [2.45, 2.75) is 34.2 Å². The number of ether oxygens (including phenoxy) is 1. The summed E-state index contributed by atoms with van der Waals surface area (Å²) < 4.78 is 5.45. The molecule has 1 aliphatic rings. The van der Waals surface area contributed by atoms with Crippen LogP contribution in [-0.2, 0) is 11.3 Å². The van der Waals surface area contributed by atoms with Gasteiger partial charge in [0.05, 0.1) is 13.2 Å². The van der Waals surface area contributed by atoms with Gasteiger partial charge in [-0.15, -0.1) is 0 Å². The normalized spacial score (nSPS) is 15.9. The lowest BCUT2D eigenvalue weighted by atomic mass is 10.1. The number of pyridine rings is 1. The maximum absolute atomic E-state index is 5.45. The van der Waals surface area contributed by atoms with E-state index in [4.69, 9.17) is 9.72 Å². The van der Waals surface area contributed by atoms with E-state index in [1.807, 2.05) is 0 Å². The van der Waals surface area contributed by atoms with Crippen molar-refractivity contribution in [2.24, 2.45) is 5.92 Å². The Morgan fingerprint density at radius 2 is 2.00 bits per heavy atom. The van der Waals surface area contributed by atoms with Crippen molar-refractivity contribution < 1.29 is 4.74 Å². The molecule has 4 heteroatoms. The van der Waals surface area contributed by atoms with Gasteiger partial charge < -0.3 is 15.0 Å². The fourth-order valence-electron chi connectivity index (χ4n) is 2.58. The number of nitrogens with one attached hydrogen (secondary N) is 1. The van der Waals surface area contributed by atoms with Gasteiger partial charge in [-0.3, -0.25) is 0 Å². The van der Waals surface area contributed by atoms with Gasteiger partial charge in [0.25, 0.3) is 0 Å². The van der Waals surface area contributed by atoms with E-state index < -0.39 is 0 Å². The maximum Gasteiger partial charge on any atom is 0.133 e. The molecule has 0 saturated carbocycles. The summed E-state index contributed by atoms with van der Waals surface area (Å²) in [6.07, 6.45) is 0. The highest BCUT2D eigenvalue weighted by Crippen LogP contribution is 2.23. The van der Waals surface area contributed by atoms with Crippen molar-refractivity contribution in [1.29, 1.82) is 0 Å². The highest BCUT2D eigenvalue weighted by Gasteiger charge is 2.18. The van der Waals surface area contributed by atoms with E-state index in [-0.39, 0.29) is 0 Å². The standard InChI is InChI=1S/C16H27N3O/c1-12(2)10-17-11-15-13(3)9-14(4)18-16(15)19-5-7-20-8-6-19/h9,12,17H,5-8,10-11H2,1-4H3. The van der Waals surface area contributed by atoms with Crippen LogP contribution in [0.4, 0.5) is 5.82 Å². The van der Waals surface area contributed by atoms with Crippen LogP contribution in [0.1, 0.15) is 30.7 Å². The fourth-order valence-corrected chi connectivity index (χ4v) is 2.58. The molecular formula is C16H27N3O. The molecular weight excluding hydrogens is 250 g/mol. The summed E-state index contributed by atoms with van der Waals surface area (Å²) in [6, 6.07) is 2.18. The lowest BCUT2D eigenvalue weighted by Gasteiger charge is -2.30. The Morgan fingerprint density at radius 1 is 1.30 bits per heavy atom. The molecule has 1 aromatic rings. The minimum atomic E-state index is 0.667. The number of aryl methyl sites for hydroxylation is 2. The number of anilines is 1. The molecule has 0 aromatic carbocycles. The van der Waals surface area contributed by atoms with Gasteiger partial charge in [-0.05, 0) is 37.9 Å². The van der Waals surface area contributed by atoms with Crippen LogP contribution in [0.15, 0.2) is 6.07 Å². The van der Waals surface area contributed by atoms with Crippen molar-refractivity contribution in [3.05, 3.63) is 22.9 Å². The van der Waals surface area contributed by atoms with Gasteiger partial charge in [0.15, 0.2) is 0 Å². The monoisotopic (exact) mass is 277 g/mol. The molecule has 0 radical (unpaired) electrons. The van der Waals surface area contributed by atoms with Crippen LogP contribution in [-0.4, -0.2) is 37.8 Å². The Hall–Kier alpha value is -1.13. The SMILES string of the molecule is Cc1cc(C)c(CNCC(C)C)c(N2CCOCC2)n1. The van der Waals surface area contributed by atoms with Crippen LogP contribution < -0.4 is 10.2 Å². The highest BCUT2D eigenvalue weighted by atomic mass is 16.5. The first-order valence-corrected chi connectivity index (χ1v) is 7.58. The van der Waals surface area contributed by atoms with E-state index >= 15 is 0 Å². The van der Waals surface area contributed by atoms with Crippen LogP contribution in [0.3, 0.4) is 0 Å². The van der Waals surface area contributed by atoms with E-state index in [1.54, 1.807) is 0 Å². The van der Waals surface area contributed by atoms with Gasteiger partial charge in [-0.1, -0.05) is 13.8 Å². The molecule has 0 aliphatic carbocycles. The molecule has 112 valence electrons. The first-order valence-electron chi connectivity index (χ1n) is 7.58.